The summed E-state index contributed by atoms with van der Waals surface area (Å²) >= 11 is 0. The number of benzene rings is 1. The van der Waals surface area contributed by atoms with E-state index in [1.165, 1.54) is 12.8 Å². The van der Waals surface area contributed by atoms with Gasteiger partial charge in [-0.2, -0.15) is 0 Å². The molecule has 0 fully saturated rings. The van der Waals surface area contributed by atoms with Crippen LogP contribution in [-0.2, 0) is 6.54 Å². The first-order valence-electron chi connectivity index (χ1n) is 6.20. The van der Waals surface area contributed by atoms with Crippen molar-refractivity contribution in [2.75, 3.05) is 13.7 Å². The second-order valence-electron chi connectivity index (χ2n) is 4.72. The van der Waals surface area contributed by atoms with E-state index in [9.17, 15) is 5.11 Å². The van der Waals surface area contributed by atoms with Crippen LogP contribution in [0.1, 0.15) is 32.3 Å². The maximum absolute atomic E-state index is 9.46. The van der Waals surface area contributed by atoms with Gasteiger partial charge < -0.3 is 15.2 Å². The largest absolute Gasteiger partial charge is 0.504 e. The van der Waals surface area contributed by atoms with Gasteiger partial charge in [0.25, 0.3) is 0 Å². The third-order valence-corrected chi connectivity index (χ3v) is 2.71. The molecular weight excluding hydrogens is 214 g/mol. The van der Waals surface area contributed by atoms with E-state index in [0.717, 1.165) is 24.6 Å². The summed E-state index contributed by atoms with van der Waals surface area (Å²) in [5.41, 5.74) is 1.13. The van der Waals surface area contributed by atoms with E-state index >= 15 is 0 Å². The van der Waals surface area contributed by atoms with Gasteiger partial charge in [0.2, 0.25) is 0 Å². The smallest absolute Gasteiger partial charge is 0.160 e. The fraction of sp³-hybridized carbons (Fsp3) is 0.571. The highest BCUT2D eigenvalue weighted by Gasteiger charge is 2.02. The molecule has 1 aromatic rings. The number of methoxy groups -OCH3 is 1. The van der Waals surface area contributed by atoms with Crippen molar-refractivity contribution in [3.05, 3.63) is 23.8 Å². The van der Waals surface area contributed by atoms with Gasteiger partial charge in [0.05, 0.1) is 7.11 Å². The molecule has 0 saturated heterocycles. The number of phenolic OH excluding ortho intramolecular Hbond substituents is 1. The molecule has 0 heterocycles. The quantitative estimate of drug-likeness (QED) is 0.716. The lowest BCUT2D eigenvalue weighted by molar-refractivity contribution is 0.372. The molecule has 0 amide bonds. The van der Waals surface area contributed by atoms with Crippen molar-refractivity contribution in [2.45, 2.75) is 33.2 Å². The van der Waals surface area contributed by atoms with Crippen LogP contribution in [0, 0.1) is 5.92 Å². The van der Waals surface area contributed by atoms with Crippen LogP contribution in [0.3, 0.4) is 0 Å². The molecule has 0 bridgehead atoms. The zero-order chi connectivity index (χ0) is 12.7. The Bertz CT molecular complexity index is 337. The number of hydrogen-bond donors (Lipinski definition) is 2. The Morgan fingerprint density at radius 2 is 2.12 bits per heavy atom. The van der Waals surface area contributed by atoms with Gasteiger partial charge in [-0.3, -0.25) is 0 Å². The maximum atomic E-state index is 9.46. The summed E-state index contributed by atoms with van der Waals surface area (Å²) in [6, 6.07) is 5.45. The van der Waals surface area contributed by atoms with Gasteiger partial charge in [-0.1, -0.05) is 19.9 Å². The molecule has 2 N–H and O–H groups in total. The summed E-state index contributed by atoms with van der Waals surface area (Å²) in [7, 11) is 1.56. The average Bonchev–Trinajstić information content (AvgIpc) is 2.30. The van der Waals surface area contributed by atoms with E-state index in [-0.39, 0.29) is 5.75 Å². The maximum Gasteiger partial charge on any atom is 0.160 e. The SMILES string of the molecule is COc1cc(CNCCCC(C)C)ccc1O. The first kappa shape index (κ1) is 13.8. The van der Waals surface area contributed by atoms with Crippen molar-refractivity contribution in [1.29, 1.82) is 0 Å². The number of hydrogen-bond acceptors (Lipinski definition) is 3. The van der Waals surface area contributed by atoms with Crippen LogP contribution in [0.15, 0.2) is 18.2 Å². The Kier molecular flexibility index (Phi) is 5.84. The summed E-state index contributed by atoms with van der Waals surface area (Å²) in [4.78, 5) is 0. The number of rotatable bonds is 7. The van der Waals surface area contributed by atoms with Crippen molar-refractivity contribution >= 4 is 0 Å². The molecule has 0 unspecified atom stereocenters. The van der Waals surface area contributed by atoms with Gasteiger partial charge in [0.1, 0.15) is 0 Å². The molecule has 0 spiro atoms. The second kappa shape index (κ2) is 7.17. The molecule has 0 radical (unpaired) electrons. The van der Waals surface area contributed by atoms with Gasteiger partial charge in [-0.15, -0.1) is 0 Å². The molecule has 96 valence electrons. The van der Waals surface area contributed by atoms with Crippen LogP contribution in [0.2, 0.25) is 0 Å². The fourth-order valence-corrected chi connectivity index (χ4v) is 1.70. The van der Waals surface area contributed by atoms with Crippen molar-refractivity contribution in [2.24, 2.45) is 5.92 Å². The van der Waals surface area contributed by atoms with Crippen molar-refractivity contribution < 1.29 is 9.84 Å². The zero-order valence-electron chi connectivity index (χ0n) is 11.0. The molecule has 0 aliphatic rings. The summed E-state index contributed by atoms with van der Waals surface area (Å²) in [6.45, 7) is 6.33. The van der Waals surface area contributed by atoms with Crippen LogP contribution >= 0.6 is 0 Å². The van der Waals surface area contributed by atoms with E-state index in [1.807, 2.05) is 12.1 Å². The van der Waals surface area contributed by atoms with Crippen molar-refractivity contribution in [3.63, 3.8) is 0 Å². The van der Waals surface area contributed by atoms with Crippen LogP contribution in [0.25, 0.3) is 0 Å². The highest BCUT2D eigenvalue weighted by molar-refractivity contribution is 5.41. The van der Waals surface area contributed by atoms with Crippen LogP contribution in [0.4, 0.5) is 0 Å². The van der Waals surface area contributed by atoms with Crippen LogP contribution < -0.4 is 10.1 Å². The third kappa shape index (κ3) is 5.09. The molecule has 3 nitrogen and oxygen atoms in total. The standard InChI is InChI=1S/C14H23NO2/c1-11(2)5-4-8-15-10-12-6-7-13(16)14(9-12)17-3/h6-7,9,11,15-16H,4-5,8,10H2,1-3H3. The topological polar surface area (TPSA) is 41.5 Å². The molecule has 0 atom stereocenters. The summed E-state index contributed by atoms with van der Waals surface area (Å²) < 4.78 is 5.07. The van der Waals surface area contributed by atoms with E-state index in [0.29, 0.717) is 5.75 Å². The predicted octanol–water partition coefficient (Wildman–Crippen LogP) is 2.93. The van der Waals surface area contributed by atoms with Gasteiger partial charge in [0.15, 0.2) is 11.5 Å². The minimum absolute atomic E-state index is 0.191. The Hall–Kier alpha value is -1.22. The Labute approximate surface area is 104 Å². The number of ether oxygens (including phenoxy) is 1. The molecule has 0 aliphatic heterocycles. The summed E-state index contributed by atoms with van der Waals surface area (Å²) in [6.07, 6.45) is 2.46. The van der Waals surface area contributed by atoms with Gasteiger partial charge in [-0.05, 0) is 43.0 Å². The normalized spacial score (nSPS) is 10.8. The van der Waals surface area contributed by atoms with Crippen molar-refractivity contribution in [1.82, 2.24) is 5.32 Å². The molecule has 0 saturated carbocycles. The Morgan fingerprint density at radius 3 is 2.76 bits per heavy atom. The summed E-state index contributed by atoms with van der Waals surface area (Å²) in [5, 5.41) is 12.9. The molecular formula is C14H23NO2. The number of aromatic hydroxyl groups is 1. The van der Waals surface area contributed by atoms with Gasteiger partial charge in [0, 0.05) is 6.54 Å². The predicted molar refractivity (Wildman–Crippen MR) is 70.4 cm³/mol. The number of nitrogens with one attached hydrogen (secondary N) is 1. The van der Waals surface area contributed by atoms with E-state index < -0.39 is 0 Å². The lowest BCUT2D eigenvalue weighted by Gasteiger charge is -2.08. The van der Waals surface area contributed by atoms with Crippen LogP contribution in [0.5, 0.6) is 11.5 Å². The Morgan fingerprint density at radius 1 is 1.35 bits per heavy atom. The van der Waals surface area contributed by atoms with Gasteiger partial charge in [-0.25, -0.2) is 0 Å². The minimum atomic E-state index is 0.191. The monoisotopic (exact) mass is 237 g/mol. The van der Waals surface area contributed by atoms with E-state index in [4.69, 9.17) is 4.74 Å². The van der Waals surface area contributed by atoms with E-state index in [1.54, 1.807) is 13.2 Å². The first-order valence-corrected chi connectivity index (χ1v) is 6.20. The first-order chi connectivity index (χ1) is 8.13. The van der Waals surface area contributed by atoms with Gasteiger partial charge >= 0.3 is 0 Å². The third-order valence-electron chi connectivity index (χ3n) is 2.71. The molecule has 3 heteroatoms. The molecule has 0 aliphatic carbocycles. The van der Waals surface area contributed by atoms with Crippen LogP contribution in [-0.4, -0.2) is 18.8 Å². The van der Waals surface area contributed by atoms with E-state index in [2.05, 4.69) is 19.2 Å². The highest BCUT2D eigenvalue weighted by Crippen LogP contribution is 2.26. The molecule has 1 rings (SSSR count). The molecule has 17 heavy (non-hydrogen) atoms. The molecule has 0 aromatic heterocycles. The molecule has 1 aromatic carbocycles. The lowest BCUT2D eigenvalue weighted by Crippen LogP contribution is -2.15. The minimum Gasteiger partial charge on any atom is -0.504 e. The fourth-order valence-electron chi connectivity index (χ4n) is 1.70. The van der Waals surface area contributed by atoms with Crippen molar-refractivity contribution in [3.8, 4) is 11.5 Å². The lowest BCUT2D eigenvalue weighted by atomic mass is 10.1. The second-order valence-corrected chi connectivity index (χ2v) is 4.72. The number of phenols is 1. The summed E-state index contributed by atoms with van der Waals surface area (Å²) in [5.74, 6) is 1.49. The average molecular weight is 237 g/mol. The zero-order valence-corrected chi connectivity index (χ0v) is 11.0. The highest BCUT2D eigenvalue weighted by atomic mass is 16.5. The Balaban J connectivity index is 2.32.